The van der Waals surface area contributed by atoms with E-state index in [9.17, 15) is 9.90 Å². The quantitative estimate of drug-likeness (QED) is 0.736. The summed E-state index contributed by atoms with van der Waals surface area (Å²) in [6.07, 6.45) is 2.07. The number of aliphatic hydroxyl groups excluding tert-OH is 1. The number of aromatic amines is 1. The van der Waals surface area contributed by atoms with E-state index < -0.39 is 0 Å². The first-order valence-electron chi connectivity index (χ1n) is 7.99. The molecular weight excluding hydrogens is 276 g/mol. The minimum absolute atomic E-state index is 0.00702. The lowest BCUT2D eigenvalue weighted by Crippen LogP contribution is -2.40. The van der Waals surface area contributed by atoms with Crippen LogP contribution in [-0.4, -0.2) is 29.1 Å². The van der Waals surface area contributed by atoms with Gasteiger partial charge in [0, 0.05) is 28.6 Å². The van der Waals surface area contributed by atoms with Crippen LogP contribution in [0.25, 0.3) is 10.9 Å². The molecule has 0 fully saturated rings. The second-order valence-electron chi connectivity index (χ2n) is 6.09. The summed E-state index contributed by atoms with van der Waals surface area (Å²) in [5.74, 6) is 0.00702. The number of fused-ring (bicyclic) bond motifs is 1. The first-order valence-corrected chi connectivity index (χ1v) is 7.99. The van der Waals surface area contributed by atoms with E-state index in [0.29, 0.717) is 13.0 Å². The van der Waals surface area contributed by atoms with E-state index in [-0.39, 0.29) is 17.9 Å². The number of aliphatic hydroxyl groups is 1. The first kappa shape index (κ1) is 16.6. The van der Waals surface area contributed by atoms with E-state index in [1.165, 1.54) is 0 Å². The zero-order chi connectivity index (χ0) is 16.2. The number of benzene rings is 1. The molecule has 0 unspecified atom stereocenters. The molecule has 22 heavy (non-hydrogen) atoms. The van der Waals surface area contributed by atoms with E-state index in [1.54, 1.807) is 0 Å². The van der Waals surface area contributed by atoms with Crippen LogP contribution in [0.5, 0.6) is 0 Å². The summed E-state index contributed by atoms with van der Waals surface area (Å²) < 4.78 is 0. The third-order valence-electron chi connectivity index (χ3n) is 4.86. The van der Waals surface area contributed by atoms with Gasteiger partial charge in [0.25, 0.3) is 0 Å². The number of carbonyl (C=O) groups excluding carboxylic acids is 1. The highest BCUT2D eigenvalue weighted by molar-refractivity contribution is 5.90. The van der Waals surface area contributed by atoms with Crippen molar-refractivity contribution in [2.75, 3.05) is 13.2 Å². The van der Waals surface area contributed by atoms with E-state index in [2.05, 4.69) is 24.1 Å². The number of nitrogens with one attached hydrogen (secondary N) is 2. The van der Waals surface area contributed by atoms with Crippen molar-refractivity contribution in [3.8, 4) is 0 Å². The van der Waals surface area contributed by atoms with Crippen molar-refractivity contribution in [2.24, 2.45) is 5.41 Å². The summed E-state index contributed by atoms with van der Waals surface area (Å²) in [4.78, 5) is 15.6. The van der Waals surface area contributed by atoms with Crippen LogP contribution in [-0.2, 0) is 11.2 Å². The molecule has 0 atom stereocenters. The average molecular weight is 302 g/mol. The second kappa shape index (κ2) is 6.97. The summed E-state index contributed by atoms with van der Waals surface area (Å²) >= 11 is 0. The van der Waals surface area contributed by atoms with Gasteiger partial charge in [-0.2, -0.15) is 0 Å². The molecule has 0 saturated heterocycles. The highest BCUT2D eigenvalue weighted by Gasteiger charge is 2.26. The fourth-order valence-electron chi connectivity index (χ4n) is 2.85. The molecule has 0 aliphatic heterocycles. The van der Waals surface area contributed by atoms with Crippen LogP contribution in [0.3, 0.4) is 0 Å². The highest BCUT2D eigenvalue weighted by Crippen LogP contribution is 2.25. The Morgan fingerprint density at radius 2 is 1.95 bits per heavy atom. The molecule has 3 N–H and O–H groups in total. The van der Waals surface area contributed by atoms with Crippen LogP contribution in [0.4, 0.5) is 0 Å². The number of amides is 1. The number of H-pyrrole nitrogens is 1. The lowest BCUT2D eigenvalue weighted by molar-refractivity contribution is -0.121. The number of aryl methyl sites for hydroxylation is 1. The van der Waals surface area contributed by atoms with Gasteiger partial charge in [0.05, 0.1) is 13.0 Å². The first-order chi connectivity index (χ1) is 10.5. The largest absolute Gasteiger partial charge is 0.396 e. The molecule has 1 amide bonds. The third-order valence-corrected chi connectivity index (χ3v) is 4.86. The molecule has 0 saturated carbocycles. The van der Waals surface area contributed by atoms with Gasteiger partial charge in [0.15, 0.2) is 0 Å². The molecule has 2 aromatic rings. The topological polar surface area (TPSA) is 65.1 Å². The maximum Gasteiger partial charge on any atom is 0.224 e. The molecule has 0 bridgehead atoms. The maximum absolute atomic E-state index is 12.3. The van der Waals surface area contributed by atoms with Crippen LogP contribution < -0.4 is 5.32 Å². The molecule has 4 heteroatoms. The van der Waals surface area contributed by atoms with Gasteiger partial charge >= 0.3 is 0 Å². The van der Waals surface area contributed by atoms with Gasteiger partial charge in [-0.15, -0.1) is 0 Å². The summed E-state index contributed by atoms with van der Waals surface area (Å²) in [7, 11) is 0. The Kier molecular flexibility index (Phi) is 5.24. The SMILES string of the molecule is CCC(CC)(CO)CNC(=O)Cc1c(C)[nH]c2ccccc12. The van der Waals surface area contributed by atoms with Crippen LogP contribution in [0.1, 0.15) is 37.9 Å². The minimum Gasteiger partial charge on any atom is -0.396 e. The predicted octanol–water partition coefficient (Wildman–Crippen LogP) is 2.93. The van der Waals surface area contributed by atoms with Gasteiger partial charge in [-0.3, -0.25) is 4.79 Å². The Morgan fingerprint density at radius 3 is 2.59 bits per heavy atom. The van der Waals surface area contributed by atoms with Crippen molar-refractivity contribution < 1.29 is 9.90 Å². The molecule has 4 nitrogen and oxygen atoms in total. The Labute approximate surface area is 131 Å². The summed E-state index contributed by atoms with van der Waals surface area (Å²) in [5.41, 5.74) is 2.95. The standard InChI is InChI=1S/C18H26N2O2/c1-4-18(5-2,12-21)11-19-17(22)10-15-13(3)20-16-9-7-6-8-14(15)16/h6-9,20-21H,4-5,10-12H2,1-3H3,(H,19,22). The van der Waals surface area contributed by atoms with E-state index in [1.807, 2.05) is 31.2 Å². The number of para-hydroxylation sites is 1. The third kappa shape index (κ3) is 3.33. The molecule has 1 heterocycles. The fourth-order valence-corrected chi connectivity index (χ4v) is 2.85. The summed E-state index contributed by atoms with van der Waals surface area (Å²) in [5, 5.41) is 13.7. The monoisotopic (exact) mass is 302 g/mol. The lowest BCUT2D eigenvalue weighted by atomic mass is 9.83. The van der Waals surface area contributed by atoms with Gasteiger partial charge in [0.2, 0.25) is 5.91 Å². The van der Waals surface area contributed by atoms with Crippen LogP contribution in [0.15, 0.2) is 24.3 Å². The number of carbonyl (C=O) groups is 1. The molecule has 1 aromatic carbocycles. The Morgan fingerprint density at radius 1 is 1.27 bits per heavy atom. The normalized spacial score (nSPS) is 11.8. The van der Waals surface area contributed by atoms with Gasteiger partial charge < -0.3 is 15.4 Å². The van der Waals surface area contributed by atoms with Crippen molar-refractivity contribution in [1.29, 1.82) is 0 Å². The zero-order valence-corrected chi connectivity index (χ0v) is 13.7. The molecule has 2 rings (SSSR count). The van der Waals surface area contributed by atoms with Crippen LogP contribution in [0.2, 0.25) is 0 Å². The van der Waals surface area contributed by atoms with Gasteiger partial charge in [-0.1, -0.05) is 32.0 Å². The second-order valence-corrected chi connectivity index (χ2v) is 6.09. The molecule has 0 aliphatic rings. The fraction of sp³-hybridized carbons (Fsp3) is 0.500. The smallest absolute Gasteiger partial charge is 0.224 e. The summed E-state index contributed by atoms with van der Waals surface area (Å²) in [6.45, 7) is 6.73. The van der Waals surface area contributed by atoms with E-state index in [4.69, 9.17) is 0 Å². The number of hydrogen-bond acceptors (Lipinski definition) is 2. The van der Waals surface area contributed by atoms with E-state index in [0.717, 1.165) is 35.0 Å². The van der Waals surface area contributed by atoms with Crippen molar-refractivity contribution in [3.05, 3.63) is 35.5 Å². The average Bonchev–Trinajstić information content (AvgIpc) is 2.85. The maximum atomic E-state index is 12.3. The minimum atomic E-state index is -0.203. The van der Waals surface area contributed by atoms with Crippen LogP contribution >= 0.6 is 0 Å². The molecule has 0 radical (unpaired) electrons. The Bertz CT molecular complexity index is 633. The number of hydrogen-bond donors (Lipinski definition) is 3. The molecule has 120 valence electrons. The van der Waals surface area contributed by atoms with Crippen molar-refractivity contribution in [1.82, 2.24) is 10.3 Å². The highest BCUT2D eigenvalue weighted by atomic mass is 16.3. The van der Waals surface area contributed by atoms with Crippen molar-refractivity contribution in [2.45, 2.75) is 40.0 Å². The van der Waals surface area contributed by atoms with Crippen molar-refractivity contribution >= 4 is 16.8 Å². The molecular formula is C18H26N2O2. The Hall–Kier alpha value is -1.81. The Balaban J connectivity index is 2.07. The van der Waals surface area contributed by atoms with Crippen molar-refractivity contribution in [3.63, 3.8) is 0 Å². The van der Waals surface area contributed by atoms with Gasteiger partial charge in [0.1, 0.15) is 0 Å². The number of aromatic nitrogens is 1. The zero-order valence-electron chi connectivity index (χ0n) is 13.7. The summed E-state index contributed by atoms with van der Waals surface area (Å²) in [6, 6.07) is 8.04. The molecule has 0 spiro atoms. The van der Waals surface area contributed by atoms with Gasteiger partial charge in [-0.05, 0) is 31.4 Å². The number of rotatable bonds is 7. The predicted molar refractivity (Wildman–Crippen MR) is 89.9 cm³/mol. The van der Waals surface area contributed by atoms with E-state index >= 15 is 0 Å². The molecule has 1 aromatic heterocycles. The lowest BCUT2D eigenvalue weighted by Gasteiger charge is -2.29. The van der Waals surface area contributed by atoms with Gasteiger partial charge in [-0.25, -0.2) is 0 Å². The van der Waals surface area contributed by atoms with Crippen LogP contribution in [0, 0.1) is 12.3 Å². The molecule has 0 aliphatic carbocycles.